The number of benzene rings is 1. The van der Waals surface area contributed by atoms with Gasteiger partial charge >= 0.3 is 11.7 Å². The Labute approximate surface area is 175 Å². The molecule has 1 aromatic carbocycles. The van der Waals surface area contributed by atoms with Gasteiger partial charge in [0.1, 0.15) is 10.2 Å². The van der Waals surface area contributed by atoms with E-state index < -0.39 is 0 Å². The van der Waals surface area contributed by atoms with Crippen LogP contribution in [0.3, 0.4) is 0 Å². The predicted molar refractivity (Wildman–Crippen MR) is 113 cm³/mol. The van der Waals surface area contributed by atoms with Crippen LogP contribution in [0.2, 0.25) is 10.0 Å². The van der Waals surface area contributed by atoms with Gasteiger partial charge in [-0.15, -0.1) is 0 Å². The average Bonchev–Trinajstić information content (AvgIpc) is 3.05. The van der Waals surface area contributed by atoms with E-state index in [0.717, 1.165) is 5.52 Å². The zero-order chi connectivity index (χ0) is 20.4. The maximum Gasteiger partial charge on any atom is 0.330 e. The number of hydrogen-bond acceptors (Lipinski definition) is 4. The number of hydrogen-bond donors (Lipinski definition) is 2. The van der Waals surface area contributed by atoms with Crippen molar-refractivity contribution in [1.82, 2.24) is 24.0 Å². The third-order valence-electron chi connectivity index (χ3n) is 4.20. The fourth-order valence-electron chi connectivity index (χ4n) is 2.82. The topological polar surface area (TPSA) is 85.9 Å². The molecule has 2 amide bonds. The summed E-state index contributed by atoms with van der Waals surface area (Å²) in [4.78, 5) is 28.4. The molecule has 148 valence electrons. The first kappa shape index (κ1) is 20.4. The summed E-state index contributed by atoms with van der Waals surface area (Å²) in [5.74, 6) is 0. The molecule has 0 atom stereocenters. The van der Waals surface area contributed by atoms with Gasteiger partial charge in [0, 0.05) is 42.9 Å². The van der Waals surface area contributed by atoms with Crippen molar-refractivity contribution in [2.24, 2.45) is 14.1 Å². The van der Waals surface area contributed by atoms with Crippen molar-refractivity contribution in [2.45, 2.75) is 13.0 Å². The van der Waals surface area contributed by atoms with Gasteiger partial charge in [-0.05, 0) is 24.6 Å². The zero-order valence-electron chi connectivity index (χ0n) is 15.2. The van der Waals surface area contributed by atoms with E-state index in [1.165, 1.54) is 9.13 Å². The van der Waals surface area contributed by atoms with Gasteiger partial charge in [-0.1, -0.05) is 35.4 Å². The van der Waals surface area contributed by atoms with Gasteiger partial charge in [0.2, 0.25) is 0 Å². The number of carbonyl (C=O) groups is 1. The minimum atomic E-state index is -0.355. The molecule has 0 unspecified atom stereocenters. The number of aromatic nitrogens is 4. The molecular formula is C17H18Cl2N6O2S. The molecule has 2 aromatic heterocycles. The van der Waals surface area contributed by atoms with Crippen LogP contribution in [-0.4, -0.2) is 31.3 Å². The molecule has 2 N–H and O–H groups in total. The van der Waals surface area contributed by atoms with E-state index >= 15 is 0 Å². The van der Waals surface area contributed by atoms with Gasteiger partial charge in [0.05, 0.1) is 6.33 Å². The summed E-state index contributed by atoms with van der Waals surface area (Å²) in [7, 11) is 3.29. The van der Waals surface area contributed by atoms with Crippen molar-refractivity contribution < 1.29 is 4.79 Å². The highest BCUT2D eigenvalue weighted by Crippen LogP contribution is 2.22. The summed E-state index contributed by atoms with van der Waals surface area (Å²) in [5.41, 5.74) is 1.55. The van der Waals surface area contributed by atoms with E-state index in [4.69, 9.17) is 35.4 Å². The minimum Gasteiger partial charge on any atom is -0.338 e. The Morgan fingerprint density at radius 2 is 1.86 bits per heavy atom. The first-order valence-electron chi connectivity index (χ1n) is 8.39. The van der Waals surface area contributed by atoms with E-state index in [0.29, 0.717) is 45.5 Å². The number of urea groups is 1. The van der Waals surface area contributed by atoms with Crippen LogP contribution in [-0.2, 0) is 20.6 Å². The monoisotopic (exact) mass is 440 g/mol. The van der Waals surface area contributed by atoms with Crippen LogP contribution >= 0.6 is 35.4 Å². The number of aryl methyl sites for hydroxylation is 2. The third-order valence-corrected chi connectivity index (χ3v) is 5.10. The maximum absolute atomic E-state index is 12.1. The van der Waals surface area contributed by atoms with Crippen molar-refractivity contribution in [1.29, 1.82) is 0 Å². The molecule has 0 fully saturated rings. The molecule has 0 aliphatic heterocycles. The standard InChI is InChI=1S/C17H18Cl2N6O2S/c1-23-14-13(15(28)24(2)17(23)27)25(9-21-14)5-3-4-20-16(26)22-12-7-10(18)6-11(19)8-12/h6-9H,3-5H2,1-2H3,(H2,20,22,26). The smallest absolute Gasteiger partial charge is 0.330 e. The molecule has 3 aromatic rings. The third kappa shape index (κ3) is 4.21. The second kappa shape index (κ2) is 8.34. The van der Waals surface area contributed by atoms with E-state index in [1.54, 1.807) is 38.6 Å². The van der Waals surface area contributed by atoms with Crippen molar-refractivity contribution >= 4 is 58.3 Å². The van der Waals surface area contributed by atoms with Crippen LogP contribution in [0.4, 0.5) is 10.5 Å². The number of halogens is 2. The van der Waals surface area contributed by atoms with E-state index in [-0.39, 0.29) is 11.7 Å². The summed E-state index contributed by atoms with van der Waals surface area (Å²) in [5, 5.41) is 6.34. The first-order chi connectivity index (χ1) is 13.3. The number of rotatable bonds is 5. The normalized spacial score (nSPS) is 11.0. The Hall–Kier alpha value is -2.36. The number of amides is 2. The number of anilines is 1. The summed E-state index contributed by atoms with van der Waals surface area (Å²) >= 11 is 17.2. The molecule has 2 heterocycles. The van der Waals surface area contributed by atoms with Gasteiger partial charge < -0.3 is 15.2 Å². The Morgan fingerprint density at radius 3 is 2.54 bits per heavy atom. The Balaban J connectivity index is 1.61. The highest BCUT2D eigenvalue weighted by atomic mass is 35.5. The maximum atomic E-state index is 12.1. The van der Waals surface area contributed by atoms with E-state index in [2.05, 4.69) is 15.6 Å². The molecule has 8 nitrogen and oxygen atoms in total. The summed E-state index contributed by atoms with van der Waals surface area (Å²) in [6.07, 6.45) is 2.30. The number of nitrogens with zero attached hydrogens (tertiary/aromatic N) is 4. The Bertz CT molecular complexity index is 1150. The number of fused-ring (bicyclic) bond motifs is 1. The highest BCUT2D eigenvalue weighted by Gasteiger charge is 2.12. The van der Waals surface area contributed by atoms with Crippen LogP contribution < -0.4 is 16.3 Å². The Kier molecular flexibility index (Phi) is 6.07. The van der Waals surface area contributed by atoms with Crippen LogP contribution in [0, 0.1) is 4.64 Å². The van der Waals surface area contributed by atoms with E-state index in [9.17, 15) is 9.59 Å². The summed E-state index contributed by atoms with van der Waals surface area (Å²) in [6.45, 7) is 1.02. The molecule has 11 heteroatoms. The van der Waals surface area contributed by atoms with E-state index in [1.807, 2.05) is 4.57 Å². The molecule has 0 aliphatic rings. The number of carbonyl (C=O) groups excluding carboxylic acids is 1. The van der Waals surface area contributed by atoms with Crippen LogP contribution in [0.1, 0.15) is 6.42 Å². The number of nitrogens with one attached hydrogen (secondary N) is 2. The van der Waals surface area contributed by atoms with Gasteiger partial charge in [0.15, 0.2) is 5.65 Å². The lowest BCUT2D eigenvalue weighted by molar-refractivity contribution is 0.252. The molecule has 0 saturated heterocycles. The fraction of sp³-hybridized carbons (Fsp3) is 0.294. The lowest BCUT2D eigenvalue weighted by Crippen LogP contribution is -2.30. The molecule has 0 radical (unpaired) electrons. The summed E-state index contributed by atoms with van der Waals surface area (Å²) in [6, 6.07) is 4.46. The van der Waals surface area contributed by atoms with Crippen molar-refractivity contribution in [3.63, 3.8) is 0 Å². The lowest BCUT2D eigenvalue weighted by atomic mass is 10.3. The van der Waals surface area contributed by atoms with Crippen molar-refractivity contribution in [3.05, 3.63) is 49.7 Å². The molecule has 0 aliphatic carbocycles. The van der Waals surface area contributed by atoms with Crippen LogP contribution in [0.25, 0.3) is 11.2 Å². The zero-order valence-corrected chi connectivity index (χ0v) is 17.5. The fourth-order valence-corrected chi connectivity index (χ4v) is 3.63. The van der Waals surface area contributed by atoms with Crippen molar-refractivity contribution in [3.8, 4) is 0 Å². The minimum absolute atomic E-state index is 0.220. The average molecular weight is 441 g/mol. The van der Waals surface area contributed by atoms with Gasteiger partial charge in [0.25, 0.3) is 0 Å². The second-order valence-corrected chi connectivity index (χ2v) is 7.47. The molecule has 0 spiro atoms. The Morgan fingerprint density at radius 1 is 1.18 bits per heavy atom. The molecular weight excluding hydrogens is 423 g/mol. The van der Waals surface area contributed by atoms with Gasteiger partial charge in [-0.2, -0.15) is 0 Å². The first-order valence-corrected chi connectivity index (χ1v) is 9.56. The molecule has 28 heavy (non-hydrogen) atoms. The van der Waals surface area contributed by atoms with Crippen LogP contribution in [0.5, 0.6) is 0 Å². The second-order valence-electron chi connectivity index (χ2n) is 6.21. The van der Waals surface area contributed by atoms with Gasteiger partial charge in [-0.25, -0.2) is 14.6 Å². The van der Waals surface area contributed by atoms with Crippen molar-refractivity contribution in [2.75, 3.05) is 11.9 Å². The lowest BCUT2D eigenvalue weighted by Gasteiger charge is -2.10. The van der Waals surface area contributed by atoms with Crippen LogP contribution in [0.15, 0.2) is 29.3 Å². The largest absolute Gasteiger partial charge is 0.338 e. The predicted octanol–water partition coefficient (Wildman–Crippen LogP) is 3.32. The molecule has 0 saturated carbocycles. The molecule has 3 rings (SSSR count). The van der Waals surface area contributed by atoms with Gasteiger partial charge in [-0.3, -0.25) is 9.13 Å². The number of imidazole rings is 1. The SMILES string of the molecule is Cn1c(=S)c2c(ncn2CCCNC(=O)Nc2cc(Cl)cc(Cl)c2)n(C)c1=O. The molecule has 0 bridgehead atoms. The summed E-state index contributed by atoms with van der Waals surface area (Å²) < 4.78 is 5.19. The highest BCUT2D eigenvalue weighted by molar-refractivity contribution is 7.71. The quantitative estimate of drug-likeness (QED) is 0.470.